The molecule has 80 valence electrons. The van der Waals surface area contributed by atoms with Crippen molar-refractivity contribution in [1.29, 1.82) is 0 Å². The number of methoxy groups -OCH3 is 1. The quantitative estimate of drug-likeness (QED) is 0.652. The number of aromatic nitrogens is 2. The molecule has 0 unspecified atom stereocenters. The van der Waals surface area contributed by atoms with E-state index in [4.69, 9.17) is 15.0 Å². The largest absolute Gasteiger partial charge is 0.384 e. The highest BCUT2D eigenvalue weighted by Crippen LogP contribution is 2.13. The van der Waals surface area contributed by atoms with Gasteiger partial charge < -0.3 is 20.1 Å². The summed E-state index contributed by atoms with van der Waals surface area (Å²) in [5.74, 6) is 0.763. The molecule has 0 bridgehead atoms. The van der Waals surface area contributed by atoms with Crippen LogP contribution >= 0.6 is 0 Å². The van der Waals surface area contributed by atoms with E-state index in [9.17, 15) is 5.11 Å². The predicted molar refractivity (Wildman–Crippen MR) is 48.5 cm³/mol. The van der Waals surface area contributed by atoms with E-state index in [0.717, 1.165) is 0 Å². The highest BCUT2D eigenvalue weighted by molar-refractivity contribution is 4.90. The van der Waals surface area contributed by atoms with E-state index in [1.807, 2.05) is 0 Å². The summed E-state index contributed by atoms with van der Waals surface area (Å²) in [6, 6.07) is 0. The first kappa shape index (κ1) is 11.1. The van der Waals surface area contributed by atoms with Crippen LogP contribution in [0.4, 0.5) is 0 Å². The molecule has 1 rings (SSSR count). The van der Waals surface area contributed by atoms with E-state index < -0.39 is 6.10 Å². The number of hydrogen-bond acceptors (Lipinski definition) is 6. The molecule has 0 saturated heterocycles. The van der Waals surface area contributed by atoms with Crippen LogP contribution in [-0.2, 0) is 11.2 Å². The Hall–Kier alpha value is -0.980. The van der Waals surface area contributed by atoms with E-state index >= 15 is 0 Å². The average molecular weight is 201 g/mol. The second kappa shape index (κ2) is 5.69. The second-order valence-corrected chi connectivity index (χ2v) is 2.88. The third-order valence-corrected chi connectivity index (χ3v) is 1.74. The second-order valence-electron chi connectivity index (χ2n) is 2.88. The Kier molecular flexibility index (Phi) is 4.51. The van der Waals surface area contributed by atoms with Gasteiger partial charge in [0.2, 0.25) is 0 Å². The van der Waals surface area contributed by atoms with Gasteiger partial charge in [-0.3, -0.25) is 0 Å². The minimum atomic E-state index is -0.760. The zero-order valence-electron chi connectivity index (χ0n) is 8.14. The molecule has 1 aromatic heterocycles. The summed E-state index contributed by atoms with van der Waals surface area (Å²) in [5, 5.41) is 13.1. The fourth-order valence-electron chi connectivity index (χ4n) is 0.979. The third kappa shape index (κ3) is 3.06. The van der Waals surface area contributed by atoms with Crippen molar-refractivity contribution in [1.82, 2.24) is 10.1 Å². The number of aliphatic hydroxyl groups is 1. The molecule has 14 heavy (non-hydrogen) atoms. The Bertz CT molecular complexity index is 264. The normalized spacial score (nSPS) is 13.1. The Balaban J connectivity index is 2.49. The maximum absolute atomic E-state index is 9.45. The number of aliphatic hydroxyl groups excluding tert-OH is 1. The lowest BCUT2D eigenvalue weighted by molar-refractivity contribution is 0.127. The highest BCUT2D eigenvalue weighted by atomic mass is 16.5. The summed E-state index contributed by atoms with van der Waals surface area (Å²) in [5.41, 5.74) is 5.28. The number of ether oxygens (including phenoxy) is 1. The van der Waals surface area contributed by atoms with Gasteiger partial charge in [0.15, 0.2) is 5.82 Å². The lowest BCUT2D eigenvalue weighted by atomic mass is 10.2. The molecule has 6 heteroatoms. The molecule has 0 fully saturated rings. The van der Waals surface area contributed by atoms with Gasteiger partial charge in [-0.05, 0) is 13.0 Å². The molecule has 0 aliphatic heterocycles. The zero-order valence-corrected chi connectivity index (χ0v) is 8.14. The third-order valence-electron chi connectivity index (χ3n) is 1.74. The predicted octanol–water partition coefficient (Wildman–Crippen LogP) is -0.359. The van der Waals surface area contributed by atoms with Gasteiger partial charge in [0.1, 0.15) is 6.10 Å². The Labute approximate surface area is 82.1 Å². The summed E-state index contributed by atoms with van der Waals surface area (Å²) in [7, 11) is 1.60. The van der Waals surface area contributed by atoms with Crippen LogP contribution < -0.4 is 5.73 Å². The van der Waals surface area contributed by atoms with Crippen molar-refractivity contribution in [2.24, 2.45) is 5.73 Å². The first-order valence-corrected chi connectivity index (χ1v) is 4.47. The van der Waals surface area contributed by atoms with Gasteiger partial charge in [0.25, 0.3) is 5.89 Å². The van der Waals surface area contributed by atoms with Crippen molar-refractivity contribution < 1.29 is 14.4 Å². The van der Waals surface area contributed by atoms with E-state index in [1.165, 1.54) is 0 Å². The van der Waals surface area contributed by atoms with Crippen LogP contribution in [0.3, 0.4) is 0 Å². The molecular formula is C8H15N3O3. The van der Waals surface area contributed by atoms with E-state index in [-0.39, 0.29) is 5.89 Å². The summed E-state index contributed by atoms with van der Waals surface area (Å²) in [6.07, 6.45) is 0.241. The van der Waals surface area contributed by atoms with Gasteiger partial charge in [-0.15, -0.1) is 0 Å². The molecule has 0 saturated carbocycles. The van der Waals surface area contributed by atoms with Crippen LogP contribution in [-0.4, -0.2) is 35.5 Å². The molecule has 0 aromatic carbocycles. The minimum absolute atomic E-state index is 0.224. The maximum Gasteiger partial charge on any atom is 0.255 e. The Morgan fingerprint density at radius 3 is 3.07 bits per heavy atom. The van der Waals surface area contributed by atoms with Crippen LogP contribution in [0.25, 0.3) is 0 Å². The lowest BCUT2D eigenvalue weighted by Crippen LogP contribution is -2.07. The lowest BCUT2D eigenvalue weighted by Gasteiger charge is -2.00. The standard InChI is InChI=1S/C8H15N3O3/c1-13-5-3-7-10-8(14-11-7)6(12)2-4-9/h6,12H,2-5,9H2,1H3/t6-/m0/s1. The maximum atomic E-state index is 9.45. The molecular weight excluding hydrogens is 186 g/mol. The van der Waals surface area contributed by atoms with Gasteiger partial charge in [-0.2, -0.15) is 4.98 Å². The highest BCUT2D eigenvalue weighted by Gasteiger charge is 2.14. The first-order chi connectivity index (χ1) is 6.77. The van der Waals surface area contributed by atoms with Crippen LogP contribution in [0.2, 0.25) is 0 Å². The Morgan fingerprint density at radius 1 is 1.64 bits per heavy atom. The monoisotopic (exact) mass is 201 g/mol. The topological polar surface area (TPSA) is 94.4 Å². The van der Waals surface area contributed by atoms with Crippen molar-refractivity contribution in [3.63, 3.8) is 0 Å². The molecule has 0 spiro atoms. The van der Waals surface area contributed by atoms with Crippen LogP contribution in [0.1, 0.15) is 24.2 Å². The first-order valence-electron chi connectivity index (χ1n) is 4.47. The molecule has 3 N–H and O–H groups in total. The van der Waals surface area contributed by atoms with Gasteiger partial charge in [-0.1, -0.05) is 5.16 Å². The SMILES string of the molecule is COCCc1noc([C@@H](O)CCN)n1. The van der Waals surface area contributed by atoms with Gasteiger partial charge in [-0.25, -0.2) is 0 Å². The summed E-state index contributed by atoms with van der Waals surface area (Å²) in [4.78, 5) is 4.00. The smallest absolute Gasteiger partial charge is 0.255 e. The van der Waals surface area contributed by atoms with E-state index in [2.05, 4.69) is 10.1 Å². The number of rotatable bonds is 6. The summed E-state index contributed by atoms with van der Waals surface area (Å²) >= 11 is 0. The van der Waals surface area contributed by atoms with E-state index in [1.54, 1.807) is 7.11 Å². The van der Waals surface area contributed by atoms with Crippen LogP contribution in [0.15, 0.2) is 4.52 Å². The summed E-state index contributed by atoms with van der Waals surface area (Å²) in [6.45, 7) is 0.920. The number of nitrogens with zero attached hydrogens (tertiary/aromatic N) is 2. The van der Waals surface area contributed by atoms with Crippen molar-refractivity contribution in [2.75, 3.05) is 20.3 Å². The molecule has 0 aliphatic rings. The Morgan fingerprint density at radius 2 is 2.43 bits per heavy atom. The zero-order chi connectivity index (χ0) is 10.4. The van der Waals surface area contributed by atoms with Gasteiger partial charge >= 0.3 is 0 Å². The van der Waals surface area contributed by atoms with E-state index in [0.29, 0.717) is 31.8 Å². The van der Waals surface area contributed by atoms with Crippen molar-refractivity contribution >= 4 is 0 Å². The molecule has 1 atom stereocenters. The van der Waals surface area contributed by atoms with Crippen molar-refractivity contribution in [2.45, 2.75) is 18.9 Å². The molecule has 0 aliphatic carbocycles. The molecule has 1 aromatic rings. The van der Waals surface area contributed by atoms with Gasteiger partial charge in [0.05, 0.1) is 6.61 Å². The fourth-order valence-corrected chi connectivity index (χ4v) is 0.979. The molecule has 0 amide bonds. The minimum Gasteiger partial charge on any atom is -0.384 e. The van der Waals surface area contributed by atoms with Crippen LogP contribution in [0.5, 0.6) is 0 Å². The molecule has 6 nitrogen and oxygen atoms in total. The average Bonchev–Trinajstić information content (AvgIpc) is 2.63. The number of nitrogens with two attached hydrogens (primary N) is 1. The molecule has 0 radical (unpaired) electrons. The van der Waals surface area contributed by atoms with Gasteiger partial charge in [0, 0.05) is 13.5 Å². The fraction of sp³-hybridized carbons (Fsp3) is 0.750. The number of hydrogen-bond donors (Lipinski definition) is 2. The van der Waals surface area contributed by atoms with Crippen LogP contribution in [0, 0.1) is 0 Å². The molecule has 1 heterocycles. The summed E-state index contributed by atoms with van der Waals surface area (Å²) < 4.78 is 9.71. The van der Waals surface area contributed by atoms with Crippen molar-refractivity contribution in [3.8, 4) is 0 Å². The van der Waals surface area contributed by atoms with Crippen molar-refractivity contribution in [3.05, 3.63) is 11.7 Å².